The van der Waals surface area contributed by atoms with E-state index in [1.165, 1.54) is 14.0 Å². The Labute approximate surface area is 93.8 Å². The number of nitrogens with zero attached hydrogens (tertiary/aromatic N) is 1. The third kappa shape index (κ3) is 3.68. The minimum Gasteiger partial charge on any atom is -0.453 e. The van der Waals surface area contributed by atoms with Gasteiger partial charge in [-0.1, -0.05) is 0 Å². The van der Waals surface area contributed by atoms with Crippen LogP contribution in [0.4, 0.5) is 4.79 Å². The third-order valence-electron chi connectivity index (χ3n) is 2.16. The zero-order chi connectivity index (χ0) is 12.0. The second-order valence-corrected chi connectivity index (χ2v) is 3.36. The summed E-state index contributed by atoms with van der Waals surface area (Å²) < 4.78 is 4.45. The van der Waals surface area contributed by atoms with Gasteiger partial charge in [0.25, 0.3) is 0 Å². The Hall–Kier alpha value is -1.91. The van der Waals surface area contributed by atoms with Crippen LogP contribution in [0.2, 0.25) is 0 Å². The van der Waals surface area contributed by atoms with E-state index in [2.05, 4.69) is 15.0 Å². The molecule has 0 spiro atoms. The van der Waals surface area contributed by atoms with E-state index in [-0.39, 0.29) is 5.78 Å². The van der Waals surface area contributed by atoms with E-state index in [1.54, 1.807) is 24.5 Å². The molecule has 5 nitrogen and oxygen atoms in total. The third-order valence-corrected chi connectivity index (χ3v) is 2.16. The summed E-state index contributed by atoms with van der Waals surface area (Å²) in [6.45, 7) is 1.43. The lowest BCUT2D eigenvalue weighted by atomic mass is 10.0. The molecule has 1 amide bonds. The molecule has 0 bridgehead atoms. The number of aromatic nitrogens is 1. The van der Waals surface area contributed by atoms with Gasteiger partial charge in [0.1, 0.15) is 0 Å². The van der Waals surface area contributed by atoms with Crippen molar-refractivity contribution >= 4 is 11.9 Å². The molecule has 0 aliphatic heterocycles. The Bertz CT molecular complexity index is 365. The summed E-state index contributed by atoms with van der Waals surface area (Å²) in [4.78, 5) is 26.2. The fourth-order valence-electron chi connectivity index (χ4n) is 1.25. The van der Waals surface area contributed by atoms with Crippen LogP contribution in [0.25, 0.3) is 0 Å². The maximum absolute atomic E-state index is 11.3. The normalized spacial score (nSPS) is 11.6. The van der Waals surface area contributed by atoms with Gasteiger partial charge in [-0.25, -0.2) is 4.79 Å². The van der Waals surface area contributed by atoms with E-state index in [0.29, 0.717) is 6.42 Å². The first-order chi connectivity index (χ1) is 7.63. The lowest BCUT2D eigenvalue weighted by Crippen LogP contribution is -2.41. The second kappa shape index (κ2) is 5.85. The SMILES string of the molecule is COC(=O)N[C@@H](Cc1ccncc1)C(C)=O. The molecule has 1 rings (SSSR count). The van der Waals surface area contributed by atoms with Gasteiger partial charge in [-0.3, -0.25) is 9.78 Å². The monoisotopic (exact) mass is 222 g/mol. The molecular formula is C11H14N2O3. The van der Waals surface area contributed by atoms with E-state index in [4.69, 9.17) is 0 Å². The second-order valence-electron chi connectivity index (χ2n) is 3.36. The maximum Gasteiger partial charge on any atom is 0.407 e. The minimum absolute atomic E-state index is 0.109. The van der Waals surface area contributed by atoms with Crippen molar-refractivity contribution in [3.8, 4) is 0 Å². The van der Waals surface area contributed by atoms with E-state index < -0.39 is 12.1 Å². The number of hydrogen-bond acceptors (Lipinski definition) is 4. The summed E-state index contributed by atoms with van der Waals surface area (Å²) in [5, 5.41) is 2.48. The topological polar surface area (TPSA) is 68.3 Å². The number of amides is 1. The van der Waals surface area contributed by atoms with Crippen LogP contribution in [0.1, 0.15) is 12.5 Å². The fourth-order valence-corrected chi connectivity index (χ4v) is 1.25. The molecule has 16 heavy (non-hydrogen) atoms. The molecule has 5 heteroatoms. The molecule has 0 aliphatic rings. The van der Waals surface area contributed by atoms with Crippen molar-refractivity contribution in [3.63, 3.8) is 0 Å². The van der Waals surface area contributed by atoms with E-state index in [9.17, 15) is 9.59 Å². The van der Waals surface area contributed by atoms with Crippen molar-refractivity contribution < 1.29 is 14.3 Å². The van der Waals surface area contributed by atoms with E-state index in [1.807, 2.05) is 0 Å². The van der Waals surface area contributed by atoms with Crippen LogP contribution in [-0.2, 0) is 16.0 Å². The predicted octanol–water partition coefficient (Wildman–Crippen LogP) is 0.938. The average molecular weight is 222 g/mol. The Morgan fingerprint density at radius 1 is 1.44 bits per heavy atom. The first kappa shape index (κ1) is 12.2. The summed E-state index contributed by atoms with van der Waals surface area (Å²) in [5.41, 5.74) is 0.937. The highest BCUT2D eigenvalue weighted by Gasteiger charge is 2.17. The van der Waals surface area contributed by atoms with Crippen LogP contribution in [0.5, 0.6) is 0 Å². The molecule has 0 saturated carbocycles. The molecule has 86 valence electrons. The van der Waals surface area contributed by atoms with Gasteiger partial charge in [0.15, 0.2) is 5.78 Å². The highest BCUT2D eigenvalue weighted by molar-refractivity contribution is 5.85. The number of rotatable bonds is 4. The zero-order valence-corrected chi connectivity index (χ0v) is 9.27. The number of carbonyl (C=O) groups is 2. The quantitative estimate of drug-likeness (QED) is 0.823. The Balaban J connectivity index is 2.65. The molecule has 0 fully saturated rings. The minimum atomic E-state index is -0.603. The van der Waals surface area contributed by atoms with Gasteiger partial charge in [0.2, 0.25) is 0 Å². The van der Waals surface area contributed by atoms with Crippen molar-refractivity contribution in [2.75, 3.05) is 7.11 Å². The van der Waals surface area contributed by atoms with E-state index >= 15 is 0 Å². The molecule has 1 N–H and O–H groups in total. The molecule has 1 atom stereocenters. The number of alkyl carbamates (subject to hydrolysis) is 1. The van der Waals surface area contributed by atoms with Crippen molar-refractivity contribution in [1.82, 2.24) is 10.3 Å². The zero-order valence-electron chi connectivity index (χ0n) is 9.27. The van der Waals surface area contributed by atoms with Crippen LogP contribution in [-0.4, -0.2) is 30.0 Å². The number of carbonyl (C=O) groups excluding carboxylic acids is 2. The number of Topliss-reactive ketones (excluding diaryl/α,β-unsaturated/α-hetero) is 1. The summed E-state index contributed by atoms with van der Waals surface area (Å²) in [6.07, 6.45) is 3.12. The largest absolute Gasteiger partial charge is 0.453 e. The molecular weight excluding hydrogens is 208 g/mol. The van der Waals surface area contributed by atoms with Crippen molar-refractivity contribution in [3.05, 3.63) is 30.1 Å². The maximum atomic E-state index is 11.3. The van der Waals surface area contributed by atoms with Crippen molar-refractivity contribution in [2.24, 2.45) is 0 Å². The van der Waals surface area contributed by atoms with Gasteiger partial charge in [-0.15, -0.1) is 0 Å². The summed E-state index contributed by atoms with van der Waals surface area (Å²) in [6, 6.07) is 3.04. The molecule has 1 heterocycles. The van der Waals surface area contributed by atoms with Gasteiger partial charge in [0, 0.05) is 12.4 Å². The molecule has 0 aromatic carbocycles. The number of methoxy groups -OCH3 is 1. The van der Waals surface area contributed by atoms with Crippen LogP contribution in [0.15, 0.2) is 24.5 Å². The Morgan fingerprint density at radius 2 is 2.06 bits per heavy atom. The van der Waals surface area contributed by atoms with Crippen LogP contribution >= 0.6 is 0 Å². The highest BCUT2D eigenvalue weighted by atomic mass is 16.5. The molecule has 1 aromatic rings. The number of hydrogen-bond donors (Lipinski definition) is 1. The van der Waals surface area contributed by atoms with E-state index in [0.717, 1.165) is 5.56 Å². The number of pyridine rings is 1. The van der Waals surface area contributed by atoms with Crippen molar-refractivity contribution in [2.45, 2.75) is 19.4 Å². The Kier molecular flexibility index (Phi) is 4.44. The van der Waals surface area contributed by atoms with Gasteiger partial charge in [0.05, 0.1) is 13.2 Å². The standard InChI is InChI=1S/C11H14N2O3/c1-8(14)10(13-11(15)16-2)7-9-3-5-12-6-4-9/h3-6,10H,7H2,1-2H3,(H,13,15)/t10-/m0/s1. The highest BCUT2D eigenvalue weighted by Crippen LogP contribution is 2.02. The first-order valence-electron chi connectivity index (χ1n) is 4.87. The smallest absolute Gasteiger partial charge is 0.407 e. The van der Waals surface area contributed by atoms with Crippen molar-refractivity contribution in [1.29, 1.82) is 0 Å². The number of nitrogens with one attached hydrogen (secondary N) is 1. The molecule has 1 aromatic heterocycles. The van der Waals surface area contributed by atoms with Crippen LogP contribution in [0, 0.1) is 0 Å². The van der Waals surface area contributed by atoms with Gasteiger partial charge < -0.3 is 10.1 Å². The lowest BCUT2D eigenvalue weighted by molar-refractivity contribution is -0.118. The average Bonchev–Trinajstić information content (AvgIpc) is 2.29. The van der Waals surface area contributed by atoms with Crippen LogP contribution < -0.4 is 5.32 Å². The molecule has 0 unspecified atom stereocenters. The number of ketones is 1. The Morgan fingerprint density at radius 3 is 2.56 bits per heavy atom. The predicted molar refractivity (Wildman–Crippen MR) is 58.0 cm³/mol. The number of ether oxygens (including phenoxy) is 1. The molecule has 0 saturated heterocycles. The van der Waals surface area contributed by atoms with Gasteiger partial charge >= 0.3 is 6.09 Å². The lowest BCUT2D eigenvalue weighted by Gasteiger charge is -2.14. The first-order valence-corrected chi connectivity index (χ1v) is 4.87. The summed E-state index contributed by atoms with van der Waals surface area (Å²) in [5.74, 6) is -0.109. The molecule has 0 radical (unpaired) electrons. The van der Waals surface area contributed by atoms with Gasteiger partial charge in [-0.05, 0) is 31.0 Å². The summed E-state index contributed by atoms with van der Waals surface area (Å²) in [7, 11) is 1.26. The van der Waals surface area contributed by atoms with Gasteiger partial charge in [-0.2, -0.15) is 0 Å². The van der Waals surface area contributed by atoms with Crippen LogP contribution in [0.3, 0.4) is 0 Å². The summed E-state index contributed by atoms with van der Waals surface area (Å²) >= 11 is 0. The molecule has 0 aliphatic carbocycles. The fraction of sp³-hybridized carbons (Fsp3) is 0.364.